The van der Waals surface area contributed by atoms with Crippen molar-refractivity contribution in [3.63, 3.8) is 0 Å². The molecule has 2 aromatic heterocycles. The predicted molar refractivity (Wildman–Crippen MR) is 254 cm³/mol. The Morgan fingerprint density at radius 2 is 1.17 bits per heavy atom. The van der Waals surface area contributed by atoms with Crippen LogP contribution < -0.4 is 0 Å². The first-order valence-corrected chi connectivity index (χ1v) is 21.1. The van der Waals surface area contributed by atoms with Gasteiger partial charge < -0.3 is 8.98 Å². The van der Waals surface area contributed by atoms with Crippen LogP contribution in [0.3, 0.4) is 0 Å². The Morgan fingerprint density at radius 1 is 0.517 bits per heavy atom. The summed E-state index contributed by atoms with van der Waals surface area (Å²) in [5, 5.41) is 12.0. The summed E-state index contributed by atoms with van der Waals surface area (Å²) in [6, 6.07) is 66.1. The van der Waals surface area contributed by atoms with E-state index in [4.69, 9.17) is 9.41 Å². The van der Waals surface area contributed by atoms with Gasteiger partial charge in [-0.15, -0.1) is 0 Å². The van der Waals surface area contributed by atoms with Crippen molar-refractivity contribution >= 4 is 93.0 Å². The molecular formula is C57H40N2O. The molecular weight excluding hydrogens is 729 g/mol. The van der Waals surface area contributed by atoms with Crippen LogP contribution >= 0.6 is 0 Å². The van der Waals surface area contributed by atoms with Crippen molar-refractivity contribution in [2.75, 3.05) is 0 Å². The van der Waals surface area contributed by atoms with Gasteiger partial charge in [-0.05, 0) is 111 Å². The fraction of sp³-hybridized carbons (Fsp3) is 0.0702. The molecule has 0 aliphatic carbocycles. The minimum atomic E-state index is 0.772. The van der Waals surface area contributed by atoms with Gasteiger partial charge in [0.1, 0.15) is 11.2 Å². The van der Waals surface area contributed by atoms with Gasteiger partial charge in [0, 0.05) is 33.0 Å². The number of hydrogen-bond acceptors (Lipinski definition) is 2. The van der Waals surface area contributed by atoms with Crippen LogP contribution in [-0.4, -0.2) is 10.3 Å². The Bertz CT molecular complexity index is 3630. The maximum atomic E-state index is 6.96. The third-order valence-electron chi connectivity index (χ3n) is 12.6. The number of rotatable bonds is 5. The van der Waals surface area contributed by atoms with Crippen LogP contribution in [-0.2, 0) is 0 Å². The largest absolute Gasteiger partial charge is 0.456 e. The molecule has 3 nitrogen and oxygen atoms in total. The number of furan rings is 1. The van der Waals surface area contributed by atoms with E-state index in [9.17, 15) is 0 Å². The van der Waals surface area contributed by atoms with Crippen LogP contribution in [0.15, 0.2) is 203 Å². The molecule has 1 aliphatic rings. The number of allylic oxidation sites excluding steroid dienone is 3. The van der Waals surface area contributed by atoms with E-state index in [1.165, 1.54) is 59.9 Å². The summed E-state index contributed by atoms with van der Waals surface area (Å²) < 4.78 is 9.43. The number of aliphatic imine (C=N–C) groups is 1. The molecule has 0 atom stereocenters. The van der Waals surface area contributed by atoms with Gasteiger partial charge in [0.25, 0.3) is 0 Å². The topological polar surface area (TPSA) is 30.4 Å². The van der Waals surface area contributed by atoms with Crippen LogP contribution in [0.4, 0.5) is 0 Å². The monoisotopic (exact) mass is 768 g/mol. The second kappa shape index (κ2) is 13.8. The van der Waals surface area contributed by atoms with Gasteiger partial charge >= 0.3 is 0 Å². The molecule has 0 N–H and O–H groups in total. The summed E-state index contributed by atoms with van der Waals surface area (Å²) in [5.41, 5.74) is 13.2. The third kappa shape index (κ3) is 5.47. The molecule has 0 bridgehead atoms. The van der Waals surface area contributed by atoms with Gasteiger partial charge in [-0.3, -0.25) is 4.99 Å². The van der Waals surface area contributed by atoms with Crippen molar-refractivity contribution in [3.05, 3.63) is 210 Å². The second-order valence-corrected chi connectivity index (χ2v) is 16.0. The zero-order valence-corrected chi connectivity index (χ0v) is 33.3. The molecule has 0 fully saturated rings. The molecule has 0 radical (unpaired) electrons. The van der Waals surface area contributed by atoms with Crippen LogP contribution in [0.25, 0.3) is 93.0 Å². The summed E-state index contributed by atoms with van der Waals surface area (Å²) in [5.74, 6) is 0. The fourth-order valence-corrected chi connectivity index (χ4v) is 9.82. The van der Waals surface area contributed by atoms with Gasteiger partial charge in [-0.25, -0.2) is 0 Å². The minimum Gasteiger partial charge on any atom is -0.456 e. The molecule has 0 saturated heterocycles. The summed E-state index contributed by atoms with van der Waals surface area (Å²) in [6.45, 7) is 2.27. The maximum absolute atomic E-state index is 6.96. The van der Waals surface area contributed by atoms with E-state index in [-0.39, 0.29) is 0 Å². The quantitative estimate of drug-likeness (QED) is 0.171. The first-order valence-electron chi connectivity index (χ1n) is 21.1. The minimum absolute atomic E-state index is 0.772. The summed E-state index contributed by atoms with van der Waals surface area (Å²) in [6.07, 6.45) is 4.92. The standard InChI is InChI=1S/C57H40N2O/c1-2-43-45(46-26-14-23-36-16-10-11-24-44(36)46)27-15-28-50(58-57(43)37-17-4-3-5-18-37)42-33-53(56-49-31-39-20-7-9-22-41(39)34-54(49)60-55(56)35-42)59-51-29-13-12-25-47(51)48-30-38-19-6-8-21-40(38)32-52(48)59/h3-14,16-27,29-35H,2,15,28H2,1H3/b45-27+,57-43-,58-50+. The third-order valence-corrected chi connectivity index (χ3v) is 12.6. The van der Waals surface area contributed by atoms with Gasteiger partial charge in [0.15, 0.2) is 0 Å². The molecule has 3 heteroatoms. The van der Waals surface area contributed by atoms with Crippen LogP contribution in [0.2, 0.25) is 0 Å². The van der Waals surface area contributed by atoms with Crippen molar-refractivity contribution in [2.24, 2.45) is 4.99 Å². The lowest BCUT2D eigenvalue weighted by molar-refractivity contribution is 0.669. The van der Waals surface area contributed by atoms with E-state index in [1.807, 2.05) is 0 Å². The zero-order chi connectivity index (χ0) is 39.7. The Kier molecular flexibility index (Phi) is 7.96. The van der Waals surface area contributed by atoms with Crippen molar-refractivity contribution in [1.82, 2.24) is 4.57 Å². The lowest BCUT2D eigenvalue weighted by atomic mass is 9.87. The zero-order valence-electron chi connectivity index (χ0n) is 33.3. The molecule has 11 aromatic rings. The van der Waals surface area contributed by atoms with E-state index in [0.29, 0.717) is 0 Å². The number of fused-ring (bicyclic) bond motifs is 9. The molecule has 1 aliphatic heterocycles. The lowest BCUT2D eigenvalue weighted by Gasteiger charge is -2.21. The van der Waals surface area contributed by atoms with E-state index >= 15 is 0 Å². The van der Waals surface area contributed by atoms with Crippen LogP contribution in [0.1, 0.15) is 42.9 Å². The average molecular weight is 769 g/mol. The van der Waals surface area contributed by atoms with E-state index in [1.54, 1.807) is 0 Å². The first-order chi connectivity index (χ1) is 29.7. The Labute approximate surface area is 347 Å². The number of benzene rings is 9. The maximum Gasteiger partial charge on any atom is 0.138 e. The van der Waals surface area contributed by atoms with Crippen molar-refractivity contribution in [1.29, 1.82) is 0 Å². The Hall–Kier alpha value is -7.49. The van der Waals surface area contributed by atoms with Gasteiger partial charge in [0.05, 0.1) is 27.8 Å². The van der Waals surface area contributed by atoms with Gasteiger partial charge in [0.2, 0.25) is 0 Å². The fourth-order valence-electron chi connectivity index (χ4n) is 9.82. The van der Waals surface area contributed by atoms with Crippen molar-refractivity contribution in [3.8, 4) is 5.69 Å². The van der Waals surface area contributed by atoms with Crippen molar-refractivity contribution < 1.29 is 4.42 Å². The smallest absolute Gasteiger partial charge is 0.138 e. The normalized spacial score (nSPS) is 16.8. The van der Waals surface area contributed by atoms with Crippen molar-refractivity contribution in [2.45, 2.75) is 26.2 Å². The number of nitrogens with zero attached hydrogens (tertiary/aromatic N) is 2. The molecule has 0 unspecified atom stereocenters. The first kappa shape index (κ1) is 34.5. The van der Waals surface area contributed by atoms with Gasteiger partial charge in [-0.2, -0.15) is 0 Å². The molecule has 0 amide bonds. The highest BCUT2D eigenvalue weighted by atomic mass is 16.3. The molecule has 12 rings (SSSR count). The molecule has 0 saturated carbocycles. The SMILES string of the molecule is CCC1=C(c2ccccc2)/N=C(/c2cc(-n3c4ccccc4c4cc5ccccc5cc43)c3c(c2)oc2cc4ccccc4cc23)CC/C=C\1c1cccc2ccccc12. The molecule has 60 heavy (non-hydrogen) atoms. The van der Waals surface area contributed by atoms with E-state index in [0.717, 1.165) is 80.3 Å². The highest BCUT2D eigenvalue weighted by Crippen LogP contribution is 2.43. The molecule has 0 spiro atoms. The predicted octanol–water partition coefficient (Wildman–Crippen LogP) is 15.6. The summed E-state index contributed by atoms with van der Waals surface area (Å²) >= 11 is 0. The number of aromatic nitrogens is 1. The van der Waals surface area contributed by atoms with Gasteiger partial charge in [-0.1, -0.05) is 153 Å². The molecule has 284 valence electrons. The van der Waals surface area contributed by atoms with E-state index < -0.39 is 0 Å². The number of para-hydroxylation sites is 1. The highest BCUT2D eigenvalue weighted by Gasteiger charge is 2.24. The average Bonchev–Trinajstić information content (AvgIpc) is 3.81. The highest BCUT2D eigenvalue weighted by molar-refractivity contribution is 6.20. The molecule has 3 heterocycles. The van der Waals surface area contributed by atoms with Crippen LogP contribution in [0, 0.1) is 0 Å². The summed E-state index contributed by atoms with van der Waals surface area (Å²) in [4.78, 5) is 5.78. The molecule has 9 aromatic carbocycles. The Morgan fingerprint density at radius 3 is 1.95 bits per heavy atom. The van der Waals surface area contributed by atoms with Crippen LogP contribution in [0.5, 0.6) is 0 Å². The summed E-state index contributed by atoms with van der Waals surface area (Å²) in [7, 11) is 0. The second-order valence-electron chi connectivity index (χ2n) is 16.0. The number of hydrogen-bond donors (Lipinski definition) is 0. The Balaban J connectivity index is 1.16. The van der Waals surface area contributed by atoms with E-state index in [2.05, 4.69) is 200 Å². The lowest BCUT2D eigenvalue weighted by Crippen LogP contribution is -2.07.